The summed E-state index contributed by atoms with van der Waals surface area (Å²) in [6.45, 7) is 11.2. The van der Waals surface area contributed by atoms with Crippen molar-refractivity contribution in [2.45, 2.75) is 32.7 Å². The molecule has 0 spiro atoms. The monoisotopic (exact) mass is 337 g/mol. The molecule has 0 saturated carbocycles. The van der Waals surface area contributed by atoms with Crippen LogP contribution >= 0.6 is 0 Å². The zero-order valence-corrected chi connectivity index (χ0v) is 15.5. The van der Waals surface area contributed by atoms with Crippen molar-refractivity contribution >= 4 is 12.0 Å². The number of benzene rings is 2. The average molecular weight is 337 g/mol. The summed E-state index contributed by atoms with van der Waals surface area (Å²) >= 11 is 0. The van der Waals surface area contributed by atoms with Crippen molar-refractivity contribution in [1.82, 2.24) is 0 Å². The Morgan fingerprint density at radius 3 is 1.96 bits per heavy atom. The van der Waals surface area contributed by atoms with Crippen molar-refractivity contribution in [3.63, 3.8) is 0 Å². The smallest absolute Gasteiger partial charge is 0.150 e. The first kappa shape index (κ1) is 17.7. The van der Waals surface area contributed by atoms with E-state index in [-0.39, 0.29) is 0 Å². The van der Waals surface area contributed by atoms with Crippen molar-refractivity contribution < 1.29 is 9.69 Å². The van der Waals surface area contributed by atoms with Crippen LogP contribution in [0.4, 0.5) is 5.69 Å². The van der Waals surface area contributed by atoms with Gasteiger partial charge in [-0.25, -0.2) is 0 Å². The molecule has 1 fully saturated rings. The third kappa shape index (κ3) is 4.10. The molecular formula is C22H29N2O+. The summed E-state index contributed by atoms with van der Waals surface area (Å²) in [4.78, 5) is 14.9. The Balaban J connectivity index is 1.60. The molecule has 0 amide bonds. The second-order valence-corrected chi connectivity index (χ2v) is 7.40. The van der Waals surface area contributed by atoms with E-state index < -0.39 is 0 Å². The highest BCUT2D eigenvalue weighted by Gasteiger charge is 2.25. The molecule has 1 saturated heterocycles. The number of rotatable bonds is 5. The van der Waals surface area contributed by atoms with Gasteiger partial charge in [0.15, 0.2) is 0 Å². The predicted molar refractivity (Wildman–Crippen MR) is 104 cm³/mol. The summed E-state index contributed by atoms with van der Waals surface area (Å²) in [5.41, 5.74) is 4.81. The number of hydrogen-bond donors (Lipinski definition) is 1. The molecule has 1 N–H and O–H groups in total. The number of anilines is 1. The number of piperazine rings is 1. The molecule has 3 rings (SSSR count). The minimum Gasteiger partial charge on any atom is -0.360 e. The van der Waals surface area contributed by atoms with Crippen LogP contribution in [0.5, 0.6) is 0 Å². The van der Waals surface area contributed by atoms with Crippen LogP contribution in [0.2, 0.25) is 0 Å². The van der Waals surface area contributed by atoms with Crippen molar-refractivity contribution in [3.05, 3.63) is 65.2 Å². The van der Waals surface area contributed by atoms with E-state index in [0.717, 1.165) is 38.0 Å². The maximum absolute atomic E-state index is 10.8. The first-order valence-electron chi connectivity index (χ1n) is 9.33. The van der Waals surface area contributed by atoms with E-state index in [1.54, 1.807) is 4.90 Å². The van der Waals surface area contributed by atoms with E-state index in [1.807, 2.05) is 12.1 Å². The molecule has 2 aromatic carbocycles. The van der Waals surface area contributed by atoms with Crippen LogP contribution in [0.3, 0.4) is 0 Å². The lowest BCUT2D eigenvalue weighted by atomic mass is 9.99. The topological polar surface area (TPSA) is 24.8 Å². The molecule has 3 heteroatoms. The molecule has 0 bridgehead atoms. The first-order chi connectivity index (χ1) is 12.1. The Labute approximate surface area is 151 Å². The average Bonchev–Trinajstić information content (AvgIpc) is 2.67. The van der Waals surface area contributed by atoms with Crippen molar-refractivity contribution in [2.75, 3.05) is 31.1 Å². The van der Waals surface area contributed by atoms with Gasteiger partial charge in [0.2, 0.25) is 0 Å². The maximum Gasteiger partial charge on any atom is 0.150 e. The van der Waals surface area contributed by atoms with E-state index in [9.17, 15) is 4.79 Å². The maximum atomic E-state index is 10.8. The molecule has 1 atom stereocenters. The summed E-state index contributed by atoms with van der Waals surface area (Å²) in [6.07, 6.45) is 0.901. The van der Waals surface area contributed by atoms with Crippen molar-refractivity contribution in [2.24, 2.45) is 0 Å². The number of quaternary nitrogens is 1. The highest BCUT2D eigenvalue weighted by molar-refractivity contribution is 5.75. The zero-order valence-electron chi connectivity index (χ0n) is 15.5. The quantitative estimate of drug-likeness (QED) is 0.848. The number of carbonyl (C=O) groups excluding carboxylic acids is 1. The van der Waals surface area contributed by atoms with Crippen LogP contribution in [0.1, 0.15) is 54.2 Å². The van der Waals surface area contributed by atoms with Gasteiger partial charge in [-0.3, -0.25) is 4.79 Å². The van der Waals surface area contributed by atoms with E-state index in [4.69, 9.17) is 0 Å². The van der Waals surface area contributed by atoms with E-state index >= 15 is 0 Å². The summed E-state index contributed by atoms with van der Waals surface area (Å²) in [6, 6.07) is 17.6. The summed E-state index contributed by atoms with van der Waals surface area (Å²) < 4.78 is 0. The van der Waals surface area contributed by atoms with E-state index in [1.165, 1.54) is 16.8 Å². The Hall–Kier alpha value is -2.13. The minimum atomic E-state index is 0.529. The lowest BCUT2D eigenvalue weighted by molar-refractivity contribution is -0.930. The number of nitrogens with one attached hydrogen (secondary N) is 1. The third-order valence-corrected chi connectivity index (χ3v) is 5.52. The Kier molecular flexibility index (Phi) is 5.54. The van der Waals surface area contributed by atoms with Crippen LogP contribution in [-0.4, -0.2) is 32.5 Å². The first-order valence-corrected chi connectivity index (χ1v) is 9.33. The van der Waals surface area contributed by atoms with Crippen LogP contribution in [0.15, 0.2) is 48.5 Å². The van der Waals surface area contributed by atoms with Gasteiger partial charge >= 0.3 is 0 Å². The van der Waals surface area contributed by atoms with Gasteiger partial charge in [-0.1, -0.05) is 38.1 Å². The van der Waals surface area contributed by atoms with Crippen molar-refractivity contribution in [1.29, 1.82) is 0 Å². The van der Waals surface area contributed by atoms with Gasteiger partial charge < -0.3 is 9.80 Å². The lowest BCUT2D eigenvalue weighted by Gasteiger charge is -2.36. The van der Waals surface area contributed by atoms with Gasteiger partial charge in [-0.15, -0.1) is 0 Å². The van der Waals surface area contributed by atoms with Gasteiger partial charge in [0.25, 0.3) is 0 Å². The normalized spacial score (nSPS) is 16.9. The molecule has 1 heterocycles. The summed E-state index contributed by atoms with van der Waals surface area (Å²) in [5.74, 6) is 0.589. The fourth-order valence-corrected chi connectivity index (χ4v) is 3.65. The Morgan fingerprint density at radius 2 is 1.44 bits per heavy atom. The molecule has 1 aliphatic rings. The van der Waals surface area contributed by atoms with Gasteiger partial charge in [-0.05, 0) is 42.7 Å². The van der Waals surface area contributed by atoms with Gasteiger partial charge in [0.05, 0.1) is 26.2 Å². The predicted octanol–water partition coefficient (Wildman–Crippen LogP) is 3.09. The highest BCUT2D eigenvalue weighted by Crippen LogP contribution is 2.18. The van der Waals surface area contributed by atoms with Crippen LogP contribution in [0.25, 0.3) is 0 Å². The fraction of sp³-hybridized carbons (Fsp3) is 0.409. The second-order valence-electron chi connectivity index (χ2n) is 7.40. The molecule has 25 heavy (non-hydrogen) atoms. The van der Waals surface area contributed by atoms with E-state index in [0.29, 0.717) is 12.0 Å². The molecule has 1 aliphatic heterocycles. The lowest BCUT2D eigenvalue weighted by Crippen LogP contribution is -3.14. The second kappa shape index (κ2) is 7.83. The zero-order chi connectivity index (χ0) is 17.8. The summed E-state index contributed by atoms with van der Waals surface area (Å²) in [5, 5.41) is 0. The van der Waals surface area contributed by atoms with Crippen molar-refractivity contribution in [3.8, 4) is 0 Å². The Morgan fingerprint density at radius 1 is 0.880 bits per heavy atom. The molecular weight excluding hydrogens is 308 g/mol. The molecule has 0 unspecified atom stereocenters. The number of aldehydes is 1. The highest BCUT2D eigenvalue weighted by atomic mass is 16.1. The molecule has 2 aromatic rings. The number of carbonyl (C=O) groups is 1. The van der Waals surface area contributed by atoms with Gasteiger partial charge in [0, 0.05) is 16.8 Å². The molecule has 132 valence electrons. The third-order valence-electron chi connectivity index (χ3n) is 5.52. The number of hydrogen-bond acceptors (Lipinski definition) is 2. The number of nitrogens with zero attached hydrogens (tertiary/aromatic N) is 1. The molecule has 0 aromatic heterocycles. The molecule has 3 nitrogen and oxygen atoms in total. The van der Waals surface area contributed by atoms with Gasteiger partial charge in [-0.2, -0.15) is 0 Å². The standard InChI is InChI=1S/C22H28N2O/c1-17(2)20-6-8-21(9-7-20)18(3)23-12-14-24(15-13-23)22-10-4-19(16-25)5-11-22/h4-11,16-18H,12-15H2,1-3H3/p+1/t18-/m1/s1. The Bertz CT molecular complexity index is 683. The van der Waals surface area contributed by atoms with Crippen LogP contribution in [-0.2, 0) is 0 Å². The molecule has 0 radical (unpaired) electrons. The summed E-state index contributed by atoms with van der Waals surface area (Å²) in [7, 11) is 0. The van der Waals surface area contributed by atoms with Crippen LogP contribution < -0.4 is 9.80 Å². The van der Waals surface area contributed by atoms with E-state index in [2.05, 4.69) is 62.1 Å². The van der Waals surface area contributed by atoms with Gasteiger partial charge in [0.1, 0.15) is 12.3 Å². The SMILES string of the molecule is CC(C)c1ccc([C@@H](C)[NH+]2CCN(c3ccc(C=O)cc3)CC2)cc1. The van der Waals surface area contributed by atoms with Crippen LogP contribution in [0, 0.1) is 0 Å². The fourth-order valence-electron chi connectivity index (χ4n) is 3.65. The minimum absolute atomic E-state index is 0.529. The largest absolute Gasteiger partial charge is 0.360 e. The molecule has 0 aliphatic carbocycles.